The predicted octanol–water partition coefficient (Wildman–Crippen LogP) is 2.41. The molecule has 0 unspecified atom stereocenters. The molecule has 0 amide bonds. The van der Waals surface area contributed by atoms with E-state index in [9.17, 15) is 5.11 Å². The monoisotopic (exact) mass is 242 g/mol. The summed E-state index contributed by atoms with van der Waals surface area (Å²) in [7, 11) is 0. The maximum Gasteiger partial charge on any atom is 0.176 e. The molecule has 0 aromatic heterocycles. The first-order valence-electron chi connectivity index (χ1n) is 3.73. The van der Waals surface area contributed by atoms with Gasteiger partial charge in [-0.25, -0.2) is 0 Å². The number of phenols is 1. The zero-order chi connectivity index (χ0) is 9.26. The molecule has 3 nitrogen and oxygen atoms in total. The highest BCUT2D eigenvalue weighted by Gasteiger charge is 2.12. The lowest BCUT2D eigenvalue weighted by atomic mass is 10.3. The summed E-state index contributed by atoms with van der Waals surface area (Å²) in [5.41, 5.74) is 0. The molecule has 1 aromatic carbocycles. The lowest BCUT2D eigenvalue weighted by Gasteiger charge is -2.05. The number of ether oxygens (including phenoxy) is 2. The Morgan fingerprint density at radius 1 is 1.46 bits per heavy atom. The van der Waals surface area contributed by atoms with Gasteiger partial charge in [-0.1, -0.05) is 6.07 Å². The van der Waals surface area contributed by atoms with Crippen LogP contribution < -0.4 is 4.74 Å². The Kier molecular flexibility index (Phi) is 2.14. The van der Waals surface area contributed by atoms with Gasteiger partial charge in [0, 0.05) is 0 Å². The number of halogens is 1. The maximum absolute atomic E-state index is 9.50. The van der Waals surface area contributed by atoms with Crippen LogP contribution in [0.4, 0.5) is 0 Å². The summed E-state index contributed by atoms with van der Waals surface area (Å²) >= 11 is 3.19. The summed E-state index contributed by atoms with van der Waals surface area (Å²) in [5, 5.41) is 9.50. The lowest BCUT2D eigenvalue weighted by molar-refractivity contribution is 0.300. The molecule has 1 aliphatic heterocycles. The first-order chi connectivity index (χ1) is 6.27. The number of benzene rings is 1. The number of hydrogen-bond donors (Lipinski definition) is 1. The van der Waals surface area contributed by atoms with Crippen molar-refractivity contribution < 1.29 is 14.6 Å². The van der Waals surface area contributed by atoms with E-state index in [0.717, 1.165) is 5.76 Å². The van der Waals surface area contributed by atoms with E-state index in [1.165, 1.54) is 0 Å². The highest BCUT2D eigenvalue weighted by molar-refractivity contribution is 9.10. The molecule has 1 aromatic rings. The smallest absolute Gasteiger partial charge is 0.176 e. The molecule has 2 rings (SSSR count). The van der Waals surface area contributed by atoms with Crippen LogP contribution >= 0.6 is 15.9 Å². The Balaban J connectivity index is 2.09. The van der Waals surface area contributed by atoms with E-state index < -0.39 is 0 Å². The molecule has 0 atom stereocenters. The minimum atomic E-state index is 0.115. The van der Waals surface area contributed by atoms with E-state index in [1.807, 2.05) is 0 Å². The molecule has 0 radical (unpaired) electrons. The fraction of sp³-hybridized carbons (Fsp3) is 0.111. The molecule has 0 saturated heterocycles. The molecule has 1 aliphatic rings. The van der Waals surface area contributed by atoms with Gasteiger partial charge in [-0.3, -0.25) is 0 Å². The molecule has 0 bridgehead atoms. The summed E-state index contributed by atoms with van der Waals surface area (Å²) in [6.07, 6.45) is 1.61. The van der Waals surface area contributed by atoms with Crippen molar-refractivity contribution in [2.75, 3.05) is 6.61 Å². The van der Waals surface area contributed by atoms with Crippen LogP contribution in [0.3, 0.4) is 0 Å². The molecule has 0 saturated carbocycles. The van der Waals surface area contributed by atoms with Crippen LogP contribution in [0.5, 0.6) is 11.5 Å². The van der Waals surface area contributed by atoms with E-state index in [-0.39, 0.29) is 5.75 Å². The third-order valence-electron chi connectivity index (χ3n) is 1.60. The highest BCUT2D eigenvalue weighted by Crippen LogP contribution is 2.34. The van der Waals surface area contributed by atoms with Crippen LogP contribution in [-0.2, 0) is 4.74 Å². The average molecular weight is 243 g/mol. The molecule has 13 heavy (non-hydrogen) atoms. The number of para-hydroxylation sites is 1. The normalized spacial score (nSPS) is 13.2. The molecule has 0 aliphatic carbocycles. The van der Waals surface area contributed by atoms with Crippen molar-refractivity contribution >= 4 is 15.9 Å². The summed E-state index contributed by atoms with van der Waals surface area (Å²) in [5.74, 6) is 1.36. The van der Waals surface area contributed by atoms with Crippen molar-refractivity contribution in [3.8, 4) is 11.5 Å². The van der Waals surface area contributed by atoms with Crippen LogP contribution in [0.2, 0.25) is 0 Å². The summed E-state index contributed by atoms with van der Waals surface area (Å²) < 4.78 is 10.7. The second-order valence-electron chi connectivity index (χ2n) is 2.58. The largest absolute Gasteiger partial charge is 0.503 e. The van der Waals surface area contributed by atoms with Crippen molar-refractivity contribution in [1.82, 2.24) is 0 Å². The van der Waals surface area contributed by atoms with Gasteiger partial charge < -0.3 is 14.6 Å². The number of phenolic OH excluding ortho intramolecular Hbond substituents is 1. The van der Waals surface area contributed by atoms with Crippen molar-refractivity contribution in [2.45, 2.75) is 0 Å². The van der Waals surface area contributed by atoms with E-state index in [1.54, 1.807) is 24.5 Å². The second kappa shape index (κ2) is 3.30. The van der Waals surface area contributed by atoms with Gasteiger partial charge in [-0.15, -0.1) is 0 Å². The van der Waals surface area contributed by atoms with E-state index in [4.69, 9.17) is 9.47 Å². The van der Waals surface area contributed by atoms with Crippen molar-refractivity contribution in [3.63, 3.8) is 0 Å². The Hall–Kier alpha value is -1.16. The van der Waals surface area contributed by atoms with Gasteiger partial charge in [-0.2, -0.15) is 0 Å². The zero-order valence-corrected chi connectivity index (χ0v) is 8.24. The van der Waals surface area contributed by atoms with Crippen LogP contribution in [0.25, 0.3) is 0 Å². The van der Waals surface area contributed by atoms with E-state index >= 15 is 0 Å². The van der Waals surface area contributed by atoms with E-state index in [2.05, 4.69) is 15.9 Å². The van der Waals surface area contributed by atoms with Crippen molar-refractivity contribution in [2.24, 2.45) is 0 Å². The van der Waals surface area contributed by atoms with Gasteiger partial charge >= 0.3 is 0 Å². The van der Waals surface area contributed by atoms with Gasteiger partial charge in [0.1, 0.15) is 12.9 Å². The van der Waals surface area contributed by atoms with Gasteiger partial charge in [0.25, 0.3) is 0 Å². The van der Waals surface area contributed by atoms with Gasteiger partial charge in [0.15, 0.2) is 17.3 Å². The average Bonchev–Trinajstić information content (AvgIpc) is 2.91. The SMILES string of the molecule is Oc1c(Br)cccc1OCC1=CO1. The Labute approximate surface area is 83.7 Å². The maximum atomic E-state index is 9.50. The van der Waals surface area contributed by atoms with Gasteiger partial charge in [-0.05, 0) is 28.1 Å². The Bertz CT molecular complexity index is 360. The number of hydrogen-bond acceptors (Lipinski definition) is 3. The Morgan fingerprint density at radius 3 is 2.92 bits per heavy atom. The quantitative estimate of drug-likeness (QED) is 0.886. The second-order valence-corrected chi connectivity index (χ2v) is 3.43. The molecule has 0 spiro atoms. The van der Waals surface area contributed by atoms with Crippen LogP contribution in [0.1, 0.15) is 0 Å². The van der Waals surface area contributed by atoms with Gasteiger partial charge in [0.05, 0.1) is 4.47 Å². The minimum absolute atomic E-state index is 0.115. The zero-order valence-electron chi connectivity index (χ0n) is 6.66. The lowest BCUT2D eigenvalue weighted by Crippen LogP contribution is -1.95. The van der Waals surface area contributed by atoms with E-state index in [0.29, 0.717) is 16.8 Å². The molecule has 4 heteroatoms. The molecular weight excluding hydrogens is 236 g/mol. The summed E-state index contributed by atoms with van der Waals surface area (Å²) in [4.78, 5) is 0. The van der Waals surface area contributed by atoms with Crippen molar-refractivity contribution in [1.29, 1.82) is 0 Å². The number of rotatable bonds is 3. The van der Waals surface area contributed by atoms with Crippen LogP contribution in [0.15, 0.2) is 34.7 Å². The molecule has 0 fully saturated rings. The first-order valence-corrected chi connectivity index (χ1v) is 4.52. The summed E-state index contributed by atoms with van der Waals surface area (Å²) in [6, 6.07) is 5.24. The first kappa shape index (κ1) is 8.44. The third-order valence-corrected chi connectivity index (χ3v) is 2.24. The molecule has 1 heterocycles. The van der Waals surface area contributed by atoms with Crippen molar-refractivity contribution in [3.05, 3.63) is 34.7 Å². The topological polar surface area (TPSA) is 42.0 Å². The minimum Gasteiger partial charge on any atom is -0.503 e. The predicted molar refractivity (Wildman–Crippen MR) is 50.5 cm³/mol. The standard InChI is InChI=1S/C9H7BrO3/c10-7-2-1-3-8(9(7)11)13-5-6-4-12-6/h1-4,11H,5H2. The third kappa shape index (κ3) is 1.95. The molecule has 1 N–H and O–H groups in total. The highest BCUT2D eigenvalue weighted by atomic mass is 79.9. The summed E-state index contributed by atoms with van der Waals surface area (Å²) in [6.45, 7) is 0.365. The van der Waals surface area contributed by atoms with Gasteiger partial charge in [0.2, 0.25) is 0 Å². The molecular formula is C9H7BrO3. The van der Waals surface area contributed by atoms with Crippen LogP contribution in [0, 0.1) is 0 Å². The number of aromatic hydroxyl groups is 1. The van der Waals surface area contributed by atoms with Crippen LogP contribution in [-0.4, -0.2) is 11.7 Å². The Morgan fingerprint density at radius 2 is 2.23 bits per heavy atom. The fourth-order valence-corrected chi connectivity index (χ4v) is 1.22. The fourth-order valence-electron chi connectivity index (χ4n) is 0.871. The molecule has 68 valence electrons.